The number of para-hydroxylation sites is 1. The second-order valence-electron chi connectivity index (χ2n) is 5.68. The third-order valence-electron chi connectivity index (χ3n) is 4.04. The van der Waals surface area contributed by atoms with Crippen molar-refractivity contribution < 1.29 is 19.5 Å². The van der Waals surface area contributed by atoms with Gasteiger partial charge in [0.15, 0.2) is 0 Å². The Morgan fingerprint density at radius 3 is 1.77 bits per heavy atom. The lowest BCUT2D eigenvalue weighted by Crippen LogP contribution is -2.35. The largest absolute Gasteiger partial charge is 0.480 e. The third-order valence-corrected chi connectivity index (χ3v) is 4.04. The highest BCUT2D eigenvalue weighted by Gasteiger charge is 2.21. The van der Waals surface area contributed by atoms with E-state index < -0.39 is 18.4 Å². The topological polar surface area (TPSA) is 77.9 Å². The fraction of sp³-hybridized carbons (Fsp3) is 0.250. The average molecular weight is 354 g/mol. The van der Waals surface area contributed by atoms with Crippen molar-refractivity contribution in [1.82, 2.24) is 4.90 Å². The molecule has 6 heteroatoms. The van der Waals surface area contributed by atoms with E-state index in [1.54, 1.807) is 59.5 Å². The van der Waals surface area contributed by atoms with Crippen LogP contribution in [0.4, 0.5) is 5.69 Å². The van der Waals surface area contributed by atoms with E-state index >= 15 is 0 Å². The third kappa shape index (κ3) is 4.47. The quantitative estimate of drug-likeness (QED) is 0.829. The van der Waals surface area contributed by atoms with Crippen molar-refractivity contribution in [3.63, 3.8) is 0 Å². The van der Waals surface area contributed by atoms with Crippen LogP contribution in [-0.4, -0.2) is 47.4 Å². The van der Waals surface area contributed by atoms with Crippen LogP contribution in [0.5, 0.6) is 0 Å². The molecule has 0 aromatic heterocycles. The van der Waals surface area contributed by atoms with Gasteiger partial charge in [-0.05, 0) is 50.2 Å². The summed E-state index contributed by atoms with van der Waals surface area (Å²) in [5.74, 6) is -1.63. The van der Waals surface area contributed by atoms with Gasteiger partial charge in [-0.15, -0.1) is 0 Å². The van der Waals surface area contributed by atoms with Crippen molar-refractivity contribution in [2.24, 2.45) is 0 Å². The van der Waals surface area contributed by atoms with Gasteiger partial charge in [-0.2, -0.15) is 0 Å². The van der Waals surface area contributed by atoms with Crippen molar-refractivity contribution in [3.8, 4) is 0 Å². The van der Waals surface area contributed by atoms with Crippen LogP contribution >= 0.6 is 0 Å². The van der Waals surface area contributed by atoms with Crippen molar-refractivity contribution in [1.29, 1.82) is 0 Å². The first-order valence-electron chi connectivity index (χ1n) is 8.46. The highest BCUT2D eigenvalue weighted by Crippen LogP contribution is 2.17. The van der Waals surface area contributed by atoms with Crippen molar-refractivity contribution in [3.05, 3.63) is 65.7 Å². The molecule has 0 heterocycles. The molecule has 0 aliphatic carbocycles. The first kappa shape index (κ1) is 19.2. The molecular weight excluding hydrogens is 332 g/mol. The molecule has 0 radical (unpaired) electrons. The van der Waals surface area contributed by atoms with Gasteiger partial charge in [-0.1, -0.05) is 18.2 Å². The molecule has 1 N–H and O–H groups in total. The number of amides is 2. The van der Waals surface area contributed by atoms with E-state index in [4.69, 9.17) is 5.11 Å². The predicted molar refractivity (Wildman–Crippen MR) is 99.4 cm³/mol. The normalized spacial score (nSPS) is 10.2. The lowest BCUT2D eigenvalue weighted by molar-refractivity contribution is -0.135. The zero-order chi connectivity index (χ0) is 19.1. The van der Waals surface area contributed by atoms with Gasteiger partial charge in [0.2, 0.25) is 0 Å². The molecule has 2 aromatic rings. The van der Waals surface area contributed by atoms with E-state index in [0.717, 1.165) is 0 Å². The summed E-state index contributed by atoms with van der Waals surface area (Å²) >= 11 is 0. The zero-order valence-corrected chi connectivity index (χ0v) is 14.9. The molecule has 26 heavy (non-hydrogen) atoms. The first-order chi connectivity index (χ1) is 12.5. The van der Waals surface area contributed by atoms with Gasteiger partial charge in [-0.25, -0.2) is 0 Å². The minimum absolute atomic E-state index is 0.0977. The number of carbonyl (C=O) groups is 3. The number of aliphatic carboxylic acids is 1. The minimum Gasteiger partial charge on any atom is -0.480 e. The summed E-state index contributed by atoms with van der Waals surface area (Å²) < 4.78 is 0. The second kappa shape index (κ2) is 8.80. The van der Waals surface area contributed by atoms with Gasteiger partial charge in [0.25, 0.3) is 11.8 Å². The van der Waals surface area contributed by atoms with Crippen LogP contribution in [0, 0.1) is 0 Å². The van der Waals surface area contributed by atoms with Crippen molar-refractivity contribution >= 4 is 23.5 Å². The summed E-state index contributed by atoms with van der Waals surface area (Å²) in [4.78, 5) is 39.2. The summed E-state index contributed by atoms with van der Waals surface area (Å²) in [5.41, 5.74) is 1.32. The molecule has 6 nitrogen and oxygen atoms in total. The molecule has 0 fully saturated rings. The molecule has 0 aliphatic rings. The Morgan fingerprint density at radius 1 is 0.808 bits per heavy atom. The van der Waals surface area contributed by atoms with E-state index in [2.05, 4.69) is 0 Å². The van der Waals surface area contributed by atoms with Gasteiger partial charge in [-0.3, -0.25) is 19.3 Å². The van der Waals surface area contributed by atoms with Crippen LogP contribution in [0.3, 0.4) is 0 Å². The van der Waals surface area contributed by atoms with Crippen LogP contribution < -0.4 is 4.90 Å². The molecule has 2 amide bonds. The Balaban J connectivity index is 2.26. The summed E-state index contributed by atoms with van der Waals surface area (Å²) in [6.07, 6.45) is 0. The Hall–Kier alpha value is -3.15. The Bertz CT molecular complexity index is 768. The Labute approximate surface area is 152 Å². The number of carboxylic acid groups (broad SMARTS) is 1. The summed E-state index contributed by atoms with van der Waals surface area (Å²) in [7, 11) is 0. The highest BCUT2D eigenvalue weighted by atomic mass is 16.4. The fourth-order valence-electron chi connectivity index (χ4n) is 2.63. The Kier molecular flexibility index (Phi) is 6.49. The fourth-order valence-corrected chi connectivity index (χ4v) is 2.63. The number of rotatable bonds is 7. The predicted octanol–water partition coefficient (Wildman–Crippen LogP) is 2.90. The molecule has 0 saturated carbocycles. The maximum Gasteiger partial charge on any atom is 0.323 e. The van der Waals surface area contributed by atoms with Crippen LogP contribution in [0.1, 0.15) is 34.6 Å². The molecule has 0 unspecified atom stereocenters. The van der Waals surface area contributed by atoms with Crippen LogP contribution in [-0.2, 0) is 4.79 Å². The second-order valence-corrected chi connectivity index (χ2v) is 5.68. The molecule has 2 aromatic carbocycles. The summed E-state index contributed by atoms with van der Waals surface area (Å²) in [6.45, 7) is 4.58. The van der Waals surface area contributed by atoms with Crippen molar-refractivity contribution in [2.45, 2.75) is 13.8 Å². The van der Waals surface area contributed by atoms with Gasteiger partial charge in [0.1, 0.15) is 6.54 Å². The van der Waals surface area contributed by atoms with E-state index in [1.807, 2.05) is 13.8 Å². The van der Waals surface area contributed by atoms with E-state index in [0.29, 0.717) is 29.9 Å². The molecule has 0 aliphatic heterocycles. The van der Waals surface area contributed by atoms with Crippen LogP contribution in [0.15, 0.2) is 54.6 Å². The molecular formula is C20H22N2O4. The summed E-state index contributed by atoms with van der Waals surface area (Å²) in [6, 6.07) is 14.9. The minimum atomic E-state index is -1.10. The van der Waals surface area contributed by atoms with E-state index in [9.17, 15) is 14.4 Å². The maximum absolute atomic E-state index is 12.8. The van der Waals surface area contributed by atoms with Gasteiger partial charge in [0.05, 0.1) is 0 Å². The highest BCUT2D eigenvalue weighted by molar-refractivity contribution is 6.08. The first-order valence-corrected chi connectivity index (χ1v) is 8.46. The van der Waals surface area contributed by atoms with E-state index in [-0.39, 0.29) is 5.91 Å². The summed E-state index contributed by atoms with van der Waals surface area (Å²) in [5, 5.41) is 9.13. The average Bonchev–Trinajstić information content (AvgIpc) is 2.67. The van der Waals surface area contributed by atoms with E-state index in [1.165, 1.54) is 4.90 Å². The van der Waals surface area contributed by atoms with Gasteiger partial charge < -0.3 is 10.0 Å². The van der Waals surface area contributed by atoms with Crippen LogP contribution in [0.2, 0.25) is 0 Å². The number of anilines is 1. The number of carboxylic acids is 1. The number of nitrogens with zero attached hydrogens (tertiary/aromatic N) is 2. The number of hydrogen-bond acceptors (Lipinski definition) is 3. The van der Waals surface area contributed by atoms with Crippen LogP contribution in [0.25, 0.3) is 0 Å². The monoisotopic (exact) mass is 354 g/mol. The number of carbonyl (C=O) groups excluding carboxylic acids is 2. The molecule has 0 atom stereocenters. The standard InChI is InChI=1S/C20H22N2O4/c1-3-21(4-2)19(25)15-10-12-16(13-11-15)20(26)22(14-18(23)24)17-8-6-5-7-9-17/h5-13H,3-4,14H2,1-2H3,(H,23,24). The van der Waals surface area contributed by atoms with Crippen molar-refractivity contribution in [2.75, 3.05) is 24.5 Å². The van der Waals surface area contributed by atoms with Gasteiger partial charge in [0, 0.05) is 29.9 Å². The lowest BCUT2D eigenvalue weighted by atomic mass is 10.1. The molecule has 0 saturated heterocycles. The SMILES string of the molecule is CCN(CC)C(=O)c1ccc(C(=O)N(CC(=O)O)c2ccccc2)cc1. The molecule has 2 rings (SSSR count). The number of hydrogen-bond donors (Lipinski definition) is 1. The number of benzene rings is 2. The smallest absolute Gasteiger partial charge is 0.323 e. The Morgan fingerprint density at radius 2 is 1.31 bits per heavy atom. The zero-order valence-electron chi connectivity index (χ0n) is 14.9. The lowest BCUT2D eigenvalue weighted by Gasteiger charge is -2.21. The maximum atomic E-state index is 12.8. The molecule has 136 valence electrons. The molecule has 0 bridgehead atoms. The molecule has 0 spiro atoms. The van der Waals surface area contributed by atoms with Gasteiger partial charge >= 0.3 is 5.97 Å².